The molecule has 1 unspecified atom stereocenters. The maximum Gasteiger partial charge on any atom is 0.335 e. The molecule has 0 aromatic heterocycles. The second kappa shape index (κ2) is 6.69. The third-order valence-corrected chi connectivity index (χ3v) is 2.64. The molecule has 0 radical (unpaired) electrons. The van der Waals surface area contributed by atoms with Gasteiger partial charge < -0.3 is 15.7 Å². The van der Waals surface area contributed by atoms with E-state index in [0.717, 1.165) is 6.07 Å². The average molecular weight is 295 g/mol. The number of nitro groups is 1. The number of carbonyl (C=O) groups excluding carboxylic acids is 1. The maximum atomic E-state index is 11.8. The van der Waals surface area contributed by atoms with E-state index < -0.39 is 16.9 Å². The first-order valence-electron chi connectivity index (χ1n) is 6.31. The molecule has 0 aliphatic carbocycles. The highest BCUT2D eigenvalue weighted by Gasteiger charge is 2.21. The molecule has 3 N–H and O–H groups in total. The Kier molecular flexibility index (Phi) is 5.23. The predicted octanol–water partition coefficient (Wildman–Crippen LogP) is 1.62. The zero-order valence-corrected chi connectivity index (χ0v) is 11.9. The number of aromatic carboxylic acids is 1. The Morgan fingerprint density at radius 1 is 1.29 bits per heavy atom. The number of benzene rings is 1. The van der Waals surface area contributed by atoms with E-state index in [0.29, 0.717) is 0 Å². The molecular formula is C13H17N3O5. The number of amides is 1. The molecule has 0 aliphatic rings. The number of rotatable bonds is 6. The summed E-state index contributed by atoms with van der Waals surface area (Å²) in [4.78, 5) is 32.9. The van der Waals surface area contributed by atoms with Gasteiger partial charge in [0.25, 0.3) is 5.69 Å². The van der Waals surface area contributed by atoms with Crippen molar-refractivity contribution in [1.29, 1.82) is 0 Å². The highest BCUT2D eigenvalue weighted by Crippen LogP contribution is 2.26. The first kappa shape index (κ1) is 16.4. The van der Waals surface area contributed by atoms with Crippen molar-refractivity contribution < 1.29 is 19.6 Å². The van der Waals surface area contributed by atoms with Gasteiger partial charge in [-0.1, -0.05) is 0 Å². The molecule has 0 bridgehead atoms. The molecule has 1 aromatic carbocycles. The smallest absolute Gasteiger partial charge is 0.335 e. The molecule has 114 valence electrons. The van der Waals surface area contributed by atoms with Gasteiger partial charge in [0.05, 0.1) is 10.5 Å². The maximum absolute atomic E-state index is 11.8. The zero-order chi connectivity index (χ0) is 16.2. The minimum absolute atomic E-state index is 0.0499. The largest absolute Gasteiger partial charge is 0.478 e. The third-order valence-electron chi connectivity index (χ3n) is 2.64. The van der Waals surface area contributed by atoms with Crippen molar-refractivity contribution in [3.8, 4) is 0 Å². The van der Waals surface area contributed by atoms with Crippen LogP contribution < -0.4 is 10.6 Å². The Morgan fingerprint density at radius 3 is 2.38 bits per heavy atom. The van der Waals surface area contributed by atoms with Crippen molar-refractivity contribution in [2.45, 2.75) is 32.9 Å². The topological polar surface area (TPSA) is 122 Å². The van der Waals surface area contributed by atoms with E-state index in [1.807, 2.05) is 0 Å². The number of hydrogen-bond acceptors (Lipinski definition) is 5. The van der Waals surface area contributed by atoms with E-state index in [4.69, 9.17) is 5.11 Å². The molecule has 1 atom stereocenters. The number of hydrogen-bond donors (Lipinski definition) is 3. The van der Waals surface area contributed by atoms with E-state index >= 15 is 0 Å². The molecule has 0 aliphatic heterocycles. The van der Waals surface area contributed by atoms with Crippen LogP contribution in [0.3, 0.4) is 0 Å². The SMILES string of the molecule is CC(C)NC(=O)C(C)Nc1ccc(C(=O)O)cc1[N+](=O)[O-]. The molecule has 0 saturated carbocycles. The normalized spacial score (nSPS) is 11.8. The number of nitrogens with one attached hydrogen (secondary N) is 2. The number of carboxylic acids is 1. The first-order chi connectivity index (χ1) is 9.72. The summed E-state index contributed by atoms with van der Waals surface area (Å²) in [5.74, 6) is -1.56. The van der Waals surface area contributed by atoms with Gasteiger partial charge in [-0.3, -0.25) is 14.9 Å². The van der Waals surface area contributed by atoms with Crippen LogP contribution in [0.1, 0.15) is 31.1 Å². The zero-order valence-electron chi connectivity index (χ0n) is 11.9. The molecule has 0 heterocycles. The quantitative estimate of drug-likeness (QED) is 0.541. The number of anilines is 1. The van der Waals surface area contributed by atoms with Gasteiger partial charge in [-0.05, 0) is 32.9 Å². The average Bonchev–Trinajstić information content (AvgIpc) is 2.37. The van der Waals surface area contributed by atoms with Crippen molar-refractivity contribution in [1.82, 2.24) is 5.32 Å². The molecule has 1 amide bonds. The minimum Gasteiger partial charge on any atom is -0.478 e. The van der Waals surface area contributed by atoms with Crippen LogP contribution in [-0.4, -0.2) is 34.0 Å². The van der Waals surface area contributed by atoms with Crippen LogP contribution in [0, 0.1) is 10.1 Å². The van der Waals surface area contributed by atoms with Crippen LogP contribution in [0.4, 0.5) is 11.4 Å². The fraction of sp³-hybridized carbons (Fsp3) is 0.385. The lowest BCUT2D eigenvalue weighted by Crippen LogP contribution is -2.41. The van der Waals surface area contributed by atoms with Gasteiger partial charge in [0, 0.05) is 12.1 Å². The lowest BCUT2D eigenvalue weighted by Gasteiger charge is -2.17. The monoisotopic (exact) mass is 295 g/mol. The van der Waals surface area contributed by atoms with Gasteiger partial charge in [0.15, 0.2) is 0 Å². The summed E-state index contributed by atoms with van der Waals surface area (Å²) in [6.45, 7) is 5.16. The lowest BCUT2D eigenvalue weighted by atomic mass is 10.1. The summed E-state index contributed by atoms with van der Waals surface area (Å²) >= 11 is 0. The Hall–Kier alpha value is -2.64. The summed E-state index contributed by atoms with van der Waals surface area (Å²) in [6.07, 6.45) is 0. The molecule has 21 heavy (non-hydrogen) atoms. The summed E-state index contributed by atoms with van der Waals surface area (Å²) in [5.41, 5.74) is -0.484. The van der Waals surface area contributed by atoms with Gasteiger partial charge >= 0.3 is 5.97 Å². The van der Waals surface area contributed by atoms with Crippen molar-refractivity contribution in [2.24, 2.45) is 0 Å². The van der Waals surface area contributed by atoms with Crippen LogP contribution >= 0.6 is 0 Å². The second-order valence-corrected chi connectivity index (χ2v) is 4.82. The van der Waals surface area contributed by atoms with Crippen LogP contribution in [0.15, 0.2) is 18.2 Å². The van der Waals surface area contributed by atoms with Crippen LogP contribution in [0.2, 0.25) is 0 Å². The highest BCUT2D eigenvalue weighted by atomic mass is 16.6. The lowest BCUT2D eigenvalue weighted by molar-refractivity contribution is -0.384. The van der Waals surface area contributed by atoms with Gasteiger partial charge in [-0.25, -0.2) is 4.79 Å². The highest BCUT2D eigenvalue weighted by molar-refractivity contribution is 5.90. The van der Waals surface area contributed by atoms with E-state index in [9.17, 15) is 19.7 Å². The number of carbonyl (C=O) groups is 2. The van der Waals surface area contributed by atoms with Gasteiger partial charge in [-0.2, -0.15) is 0 Å². The molecule has 0 saturated heterocycles. The summed E-state index contributed by atoms with van der Waals surface area (Å²) < 4.78 is 0. The molecule has 1 rings (SSSR count). The van der Waals surface area contributed by atoms with Crippen molar-refractivity contribution in [3.63, 3.8) is 0 Å². The minimum atomic E-state index is -1.25. The van der Waals surface area contributed by atoms with Crippen LogP contribution in [-0.2, 0) is 4.79 Å². The molecule has 1 aromatic rings. The fourth-order valence-corrected chi connectivity index (χ4v) is 1.65. The molecule has 0 fully saturated rings. The summed E-state index contributed by atoms with van der Waals surface area (Å²) in [5, 5.41) is 25.2. The van der Waals surface area contributed by atoms with E-state index in [1.165, 1.54) is 12.1 Å². The number of carboxylic acid groups (broad SMARTS) is 1. The van der Waals surface area contributed by atoms with Gasteiger partial charge in [-0.15, -0.1) is 0 Å². The van der Waals surface area contributed by atoms with Gasteiger partial charge in [0.2, 0.25) is 5.91 Å². The fourth-order valence-electron chi connectivity index (χ4n) is 1.65. The van der Waals surface area contributed by atoms with Crippen LogP contribution in [0.25, 0.3) is 0 Å². The molecule has 0 spiro atoms. The Labute approximate surface area is 121 Å². The van der Waals surface area contributed by atoms with E-state index in [1.54, 1.807) is 20.8 Å². The van der Waals surface area contributed by atoms with Gasteiger partial charge in [0.1, 0.15) is 11.7 Å². The summed E-state index contributed by atoms with van der Waals surface area (Å²) in [7, 11) is 0. The van der Waals surface area contributed by atoms with Crippen molar-refractivity contribution in [3.05, 3.63) is 33.9 Å². The Bertz CT molecular complexity index is 571. The first-order valence-corrected chi connectivity index (χ1v) is 6.31. The predicted molar refractivity (Wildman–Crippen MR) is 76.4 cm³/mol. The number of nitrogens with zero attached hydrogens (tertiary/aromatic N) is 1. The van der Waals surface area contributed by atoms with Crippen LogP contribution in [0.5, 0.6) is 0 Å². The molecule has 8 heteroatoms. The van der Waals surface area contributed by atoms with E-state index in [2.05, 4.69) is 10.6 Å². The van der Waals surface area contributed by atoms with Crippen molar-refractivity contribution in [2.75, 3.05) is 5.32 Å². The van der Waals surface area contributed by atoms with Crippen molar-refractivity contribution >= 4 is 23.3 Å². The molecular weight excluding hydrogens is 278 g/mol. The van der Waals surface area contributed by atoms with E-state index in [-0.39, 0.29) is 28.9 Å². The second-order valence-electron chi connectivity index (χ2n) is 4.82. The standard InChI is InChI=1S/C13H17N3O5/c1-7(2)14-12(17)8(3)15-10-5-4-9(13(18)19)6-11(10)16(20)21/h4-8,15H,1-3H3,(H,14,17)(H,18,19). The Morgan fingerprint density at radius 2 is 1.90 bits per heavy atom. The Balaban J connectivity index is 3.00. The number of nitro benzene ring substituents is 1. The summed E-state index contributed by atoms with van der Waals surface area (Å²) in [6, 6.07) is 2.73. The molecule has 8 nitrogen and oxygen atoms in total. The third kappa shape index (κ3) is 4.44.